The molecule has 2 aromatic carbocycles. The Hall–Kier alpha value is -1.99. The van der Waals surface area contributed by atoms with Crippen molar-refractivity contribution in [3.05, 3.63) is 58.1 Å². The Labute approximate surface area is 173 Å². The van der Waals surface area contributed by atoms with Crippen LogP contribution in [-0.4, -0.2) is 53.4 Å². The number of carbonyl (C=O) groups excluding carboxylic acids is 1. The van der Waals surface area contributed by atoms with Gasteiger partial charge < -0.3 is 5.32 Å². The van der Waals surface area contributed by atoms with E-state index in [0.717, 1.165) is 54.5 Å². The lowest BCUT2D eigenvalue weighted by atomic mass is 10.2. The first-order valence-electron chi connectivity index (χ1n) is 9.42. The molecule has 0 radical (unpaired) electrons. The maximum absolute atomic E-state index is 12.4. The first-order valence-corrected chi connectivity index (χ1v) is 10.6. The normalized spacial score (nSPS) is 15.8. The molecule has 0 spiro atoms. The lowest BCUT2D eigenvalue weighted by molar-refractivity contribution is -0.117. The Morgan fingerprint density at radius 1 is 1.14 bits per heavy atom. The van der Waals surface area contributed by atoms with Crippen molar-refractivity contribution < 1.29 is 4.79 Å². The quantitative estimate of drug-likeness (QED) is 0.685. The SMILES string of the molecule is Cc1cc(Cl)ccc1NC(=O)CN1CCN(Cc2nc3ccccc3s2)CC1. The topological polar surface area (TPSA) is 48.5 Å². The van der Waals surface area contributed by atoms with Crippen LogP contribution in [0.1, 0.15) is 10.6 Å². The first kappa shape index (κ1) is 19.3. The number of rotatable bonds is 5. The highest BCUT2D eigenvalue weighted by Crippen LogP contribution is 2.23. The fourth-order valence-electron chi connectivity index (χ4n) is 3.44. The maximum Gasteiger partial charge on any atom is 0.238 e. The zero-order valence-corrected chi connectivity index (χ0v) is 17.4. The molecule has 0 saturated carbocycles. The number of piperazine rings is 1. The molecule has 3 aromatic rings. The highest BCUT2D eigenvalue weighted by atomic mass is 35.5. The third-order valence-corrected chi connectivity index (χ3v) is 6.25. The molecule has 1 aliphatic rings. The number of hydrogen-bond acceptors (Lipinski definition) is 5. The number of thiazole rings is 1. The van der Waals surface area contributed by atoms with Crippen molar-refractivity contribution in [2.24, 2.45) is 0 Å². The summed E-state index contributed by atoms with van der Waals surface area (Å²) in [5.41, 5.74) is 2.88. The van der Waals surface area contributed by atoms with Gasteiger partial charge in [-0.15, -0.1) is 11.3 Å². The van der Waals surface area contributed by atoms with Gasteiger partial charge >= 0.3 is 0 Å². The zero-order chi connectivity index (χ0) is 19.5. The van der Waals surface area contributed by atoms with E-state index in [4.69, 9.17) is 16.6 Å². The van der Waals surface area contributed by atoms with E-state index in [9.17, 15) is 4.79 Å². The molecule has 1 amide bonds. The maximum atomic E-state index is 12.4. The summed E-state index contributed by atoms with van der Waals surface area (Å²) in [7, 11) is 0. The van der Waals surface area contributed by atoms with Crippen LogP contribution >= 0.6 is 22.9 Å². The Bertz CT molecular complexity index is 948. The van der Waals surface area contributed by atoms with Gasteiger partial charge in [-0.2, -0.15) is 0 Å². The highest BCUT2D eigenvalue weighted by molar-refractivity contribution is 7.18. The predicted molar refractivity (Wildman–Crippen MR) is 116 cm³/mol. The summed E-state index contributed by atoms with van der Waals surface area (Å²) in [6, 6.07) is 13.8. The molecule has 1 saturated heterocycles. The number of nitrogens with one attached hydrogen (secondary N) is 1. The third kappa shape index (κ3) is 4.70. The molecule has 4 rings (SSSR count). The fraction of sp³-hybridized carbons (Fsp3) is 0.333. The molecular weight excluding hydrogens is 392 g/mol. The molecular formula is C21H23ClN4OS. The summed E-state index contributed by atoms with van der Waals surface area (Å²) in [5, 5.41) is 4.83. The minimum absolute atomic E-state index is 0.0186. The number of aryl methyl sites for hydroxylation is 1. The van der Waals surface area contributed by atoms with Gasteiger partial charge in [0.25, 0.3) is 0 Å². The Morgan fingerprint density at radius 3 is 2.64 bits per heavy atom. The van der Waals surface area contributed by atoms with Crippen LogP contribution in [0.5, 0.6) is 0 Å². The largest absolute Gasteiger partial charge is 0.325 e. The van der Waals surface area contributed by atoms with Gasteiger partial charge in [0.1, 0.15) is 5.01 Å². The Balaban J connectivity index is 1.26. The van der Waals surface area contributed by atoms with Gasteiger partial charge in [0.2, 0.25) is 5.91 Å². The molecule has 2 heterocycles. The van der Waals surface area contributed by atoms with Crippen LogP contribution in [0.25, 0.3) is 10.2 Å². The third-order valence-electron chi connectivity index (χ3n) is 4.99. The minimum Gasteiger partial charge on any atom is -0.325 e. The van der Waals surface area contributed by atoms with E-state index in [1.807, 2.05) is 25.1 Å². The molecule has 7 heteroatoms. The number of anilines is 1. The molecule has 0 bridgehead atoms. The van der Waals surface area contributed by atoms with Crippen molar-refractivity contribution in [1.82, 2.24) is 14.8 Å². The average molecular weight is 415 g/mol. The minimum atomic E-state index is 0.0186. The number of benzene rings is 2. The molecule has 5 nitrogen and oxygen atoms in total. The summed E-state index contributed by atoms with van der Waals surface area (Å²) in [5.74, 6) is 0.0186. The number of halogens is 1. The lowest BCUT2D eigenvalue weighted by Gasteiger charge is -2.33. The van der Waals surface area contributed by atoms with E-state index in [1.165, 1.54) is 4.70 Å². The van der Waals surface area contributed by atoms with Gasteiger partial charge in [-0.25, -0.2) is 4.98 Å². The molecule has 1 fully saturated rings. The van der Waals surface area contributed by atoms with Gasteiger partial charge in [-0.05, 0) is 42.8 Å². The van der Waals surface area contributed by atoms with Crippen LogP contribution in [0.3, 0.4) is 0 Å². The standard InChI is InChI=1S/C21H23ClN4OS/c1-15-12-16(22)6-7-17(15)23-20(27)13-25-8-10-26(11-9-25)14-21-24-18-4-2-3-5-19(18)28-21/h2-7,12H,8-11,13-14H2,1H3,(H,23,27). The summed E-state index contributed by atoms with van der Waals surface area (Å²) in [6.07, 6.45) is 0. The number of carbonyl (C=O) groups is 1. The predicted octanol–water partition coefficient (Wildman–Crippen LogP) is 4.01. The van der Waals surface area contributed by atoms with Gasteiger partial charge in [-0.1, -0.05) is 23.7 Å². The van der Waals surface area contributed by atoms with Crippen molar-refractivity contribution in [1.29, 1.82) is 0 Å². The molecule has 0 atom stereocenters. The zero-order valence-electron chi connectivity index (χ0n) is 15.8. The van der Waals surface area contributed by atoms with Gasteiger partial charge in [0.05, 0.1) is 23.3 Å². The molecule has 1 aromatic heterocycles. The second-order valence-corrected chi connectivity index (χ2v) is 8.69. The number of amides is 1. The van der Waals surface area contributed by atoms with Crippen molar-refractivity contribution in [3.63, 3.8) is 0 Å². The van der Waals surface area contributed by atoms with Gasteiger partial charge in [0.15, 0.2) is 0 Å². The van der Waals surface area contributed by atoms with Crippen molar-refractivity contribution in [2.75, 3.05) is 38.0 Å². The molecule has 0 unspecified atom stereocenters. The van der Waals surface area contributed by atoms with Gasteiger partial charge in [-0.3, -0.25) is 14.6 Å². The summed E-state index contributed by atoms with van der Waals surface area (Å²) in [4.78, 5) is 21.7. The molecule has 1 N–H and O–H groups in total. The average Bonchev–Trinajstić information content (AvgIpc) is 3.08. The number of hydrogen-bond donors (Lipinski definition) is 1. The summed E-state index contributed by atoms with van der Waals surface area (Å²) in [6.45, 7) is 6.91. The lowest BCUT2D eigenvalue weighted by Crippen LogP contribution is -2.48. The van der Waals surface area contributed by atoms with Crippen LogP contribution in [0.4, 0.5) is 5.69 Å². The van der Waals surface area contributed by atoms with E-state index in [2.05, 4.69) is 33.3 Å². The summed E-state index contributed by atoms with van der Waals surface area (Å²) < 4.78 is 1.24. The molecule has 28 heavy (non-hydrogen) atoms. The molecule has 1 aliphatic heterocycles. The number of nitrogens with zero attached hydrogens (tertiary/aromatic N) is 3. The van der Waals surface area contributed by atoms with Crippen LogP contribution in [0, 0.1) is 6.92 Å². The second kappa shape index (κ2) is 8.57. The number of aromatic nitrogens is 1. The van der Waals surface area contributed by atoms with Crippen molar-refractivity contribution >= 4 is 44.7 Å². The van der Waals surface area contributed by atoms with E-state index in [0.29, 0.717) is 11.6 Å². The van der Waals surface area contributed by atoms with Crippen LogP contribution in [-0.2, 0) is 11.3 Å². The monoisotopic (exact) mass is 414 g/mol. The van der Waals surface area contributed by atoms with Crippen molar-refractivity contribution in [3.8, 4) is 0 Å². The number of fused-ring (bicyclic) bond motifs is 1. The van der Waals surface area contributed by atoms with E-state index < -0.39 is 0 Å². The number of para-hydroxylation sites is 1. The smallest absolute Gasteiger partial charge is 0.238 e. The second-order valence-electron chi connectivity index (χ2n) is 7.14. The molecule has 0 aliphatic carbocycles. The highest BCUT2D eigenvalue weighted by Gasteiger charge is 2.20. The van der Waals surface area contributed by atoms with Crippen LogP contribution in [0.2, 0.25) is 5.02 Å². The van der Waals surface area contributed by atoms with Crippen LogP contribution < -0.4 is 5.32 Å². The Morgan fingerprint density at radius 2 is 1.89 bits per heavy atom. The fourth-order valence-corrected chi connectivity index (χ4v) is 4.68. The first-order chi connectivity index (χ1) is 13.6. The van der Waals surface area contributed by atoms with E-state index >= 15 is 0 Å². The van der Waals surface area contributed by atoms with Crippen LogP contribution in [0.15, 0.2) is 42.5 Å². The molecule has 146 valence electrons. The van der Waals surface area contributed by atoms with E-state index in [1.54, 1.807) is 17.4 Å². The van der Waals surface area contributed by atoms with Crippen molar-refractivity contribution in [2.45, 2.75) is 13.5 Å². The van der Waals surface area contributed by atoms with E-state index in [-0.39, 0.29) is 5.91 Å². The Kier molecular flexibility index (Phi) is 5.92. The summed E-state index contributed by atoms with van der Waals surface area (Å²) >= 11 is 7.74. The van der Waals surface area contributed by atoms with Gasteiger partial charge in [0, 0.05) is 36.9 Å².